The maximum absolute atomic E-state index is 11.3. The van der Waals surface area contributed by atoms with Gasteiger partial charge in [-0.2, -0.15) is 0 Å². The summed E-state index contributed by atoms with van der Waals surface area (Å²) in [7, 11) is 0. The second-order valence-corrected chi connectivity index (χ2v) is 3.94. The van der Waals surface area contributed by atoms with E-state index in [-0.39, 0.29) is 18.2 Å². The highest BCUT2D eigenvalue weighted by Crippen LogP contribution is 2.18. The highest BCUT2D eigenvalue weighted by molar-refractivity contribution is 5.78. The van der Waals surface area contributed by atoms with Crippen LogP contribution in [0.2, 0.25) is 0 Å². The number of likely N-dealkylation sites (N-methyl/N-ethyl adjacent to an activating group) is 1. The molecule has 0 aromatic heterocycles. The minimum Gasteiger partial charge on any atom is -0.481 e. The average molecular weight is 214 g/mol. The van der Waals surface area contributed by atoms with E-state index in [1.54, 1.807) is 0 Å². The monoisotopic (exact) mass is 214 g/mol. The van der Waals surface area contributed by atoms with Crippen LogP contribution in [0.25, 0.3) is 0 Å². The number of carboxylic acid groups (broad SMARTS) is 1. The Balaban J connectivity index is 2.24. The number of likely N-dealkylation sites (tertiary alicyclic amines) is 1. The number of nitrogens with zero attached hydrogens (tertiary/aromatic N) is 1. The van der Waals surface area contributed by atoms with E-state index in [2.05, 4.69) is 5.32 Å². The fraction of sp³-hybridized carbons (Fsp3) is 0.800. The van der Waals surface area contributed by atoms with E-state index in [0.717, 1.165) is 19.5 Å². The molecular formula is C10H18N2O3. The van der Waals surface area contributed by atoms with Crippen LogP contribution in [-0.2, 0) is 9.59 Å². The minimum absolute atomic E-state index is 0.0217. The first kappa shape index (κ1) is 12.0. The highest BCUT2D eigenvalue weighted by atomic mass is 16.4. The Morgan fingerprint density at radius 3 is 2.87 bits per heavy atom. The number of carbonyl (C=O) groups excluding carboxylic acids is 1. The van der Waals surface area contributed by atoms with Gasteiger partial charge in [-0.05, 0) is 25.8 Å². The third-order valence-corrected chi connectivity index (χ3v) is 2.57. The van der Waals surface area contributed by atoms with Crippen molar-refractivity contribution in [3.63, 3.8) is 0 Å². The lowest BCUT2D eigenvalue weighted by Crippen LogP contribution is -2.36. The maximum atomic E-state index is 11.3. The molecule has 0 bridgehead atoms. The van der Waals surface area contributed by atoms with Crippen molar-refractivity contribution in [2.75, 3.05) is 26.2 Å². The van der Waals surface area contributed by atoms with Gasteiger partial charge in [0.05, 0.1) is 6.54 Å². The van der Waals surface area contributed by atoms with E-state index in [1.807, 2.05) is 11.8 Å². The molecular weight excluding hydrogens is 196 g/mol. The number of aliphatic carboxylic acids is 1. The third kappa shape index (κ3) is 4.29. The Morgan fingerprint density at radius 1 is 1.53 bits per heavy atom. The molecule has 0 aromatic carbocycles. The second-order valence-electron chi connectivity index (χ2n) is 3.94. The SMILES string of the molecule is CCNC(=O)CN1CCC(CC(=O)O)C1. The lowest BCUT2D eigenvalue weighted by atomic mass is 10.1. The molecule has 1 atom stereocenters. The molecule has 0 aromatic rings. The van der Waals surface area contributed by atoms with E-state index in [4.69, 9.17) is 5.11 Å². The van der Waals surface area contributed by atoms with E-state index in [9.17, 15) is 9.59 Å². The summed E-state index contributed by atoms with van der Waals surface area (Å²) in [5, 5.41) is 11.4. The standard InChI is InChI=1S/C10H18N2O3/c1-2-11-9(13)7-12-4-3-8(6-12)5-10(14)15/h8H,2-7H2,1H3,(H,11,13)(H,14,15). The first-order valence-corrected chi connectivity index (χ1v) is 5.32. The molecule has 0 saturated carbocycles. The second kappa shape index (κ2) is 5.70. The Kier molecular flexibility index (Phi) is 4.55. The van der Waals surface area contributed by atoms with Crippen LogP contribution in [0.4, 0.5) is 0 Å². The van der Waals surface area contributed by atoms with Crippen molar-refractivity contribution < 1.29 is 14.7 Å². The Morgan fingerprint density at radius 2 is 2.27 bits per heavy atom. The van der Waals surface area contributed by atoms with Crippen molar-refractivity contribution in [3.05, 3.63) is 0 Å². The van der Waals surface area contributed by atoms with Crippen LogP contribution in [0.15, 0.2) is 0 Å². The van der Waals surface area contributed by atoms with Crippen molar-refractivity contribution >= 4 is 11.9 Å². The van der Waals surface area contributed by atoms with Crippen molar-refractivity contribution in [2.24, 2.45) is 5.92 Å². The van der Waals surface area contributed by atoms with Crippen molar-refractivity contribution in [1.82, 2.24) is 10.2 Å². The number of carboxylic acids is 1. The zero-order valence-corrected chi connectivity index (χ0v) is 9.03. The van der Waals surface area contributed by atoms with Gasteiger partial charge in [0.15, 0.2) is 0 Å². The highest BCUT2D eigenvalue weighted by Gasteiger charge is 2.25. The predicted octanol–water partition coefficient (Wildman–Crippen LogP) is -0.0809. The van der Waals surface area contributed by atoms with Crippen LogP contribution in [0.1, 0.15) is 19.8 Å². The summed E-state index contributed by atoms with van der Waals surface area (Å²) in [6, 6.07) is 0. The van der Waals surface area contributed by atoms with Gasteiger partial charge < -0.3 is 10.4 Å². The van der Waals surface area contributed by atoms with Crippen LogP contribution >= 0.6 is 0 Å². The van der Waals surface area contributed by atoms with Gasteiger partial charge in [0.25, 0.3) is 0 Å². The molecule has 1 heterocycles. The number of nitrogens with one attached hydrogen (secondary N) is 1. The van der Waals surface area contributed by atoms with Gasteiger partial charge in [-0.25, -0.2) is 0 Å². The number of hydrogen-bond donors (Lipinski definition) is 2. The topological polar surface area (TPSA) is 69.6 Å². The number of hydrogen-bond acceptors (Lipinski definition) is 3. The van der Waals surface area contributed by atoms with Gasteiger partial charge in [0, 0.05) is 19.5 Å². The fourth-order valence-electron chi connectivity index (χ4n) is 1.93. The first-order valence-electron chi connectivity index (χ1n) is 5.32. The van der Waals surface area contributed by atoms with E-state index >= 15 is 0 Å². The summed E-state index contributed by atoms with van der Waals surface area (Å²) in [4.78, 5) is 23.8. The fourth-order valence-corrected chi connectivity index (χ4v) is 1.93. The number of amides is 1. The summed E-state index contributed by atoms with van der Waals surface area (Å²) in [5.41, 5.74) is 0. The van der Waals surface area contributed by atoms with Crippen LogP contribution in [0.3, 0.4) is 0 Å². The molecule has 2 N–H and O–H groups in total. The van der Waals surface area contributed by atoms with E-state index < -0.39 is 5.97 Å². The minimum atomic E-state index is -0.750. The molecule has 0 spiro atoms. The van der Waals surface area contributed by atoms with Crippen molar-refractivity contribution in [2.45, 2.75) is 19.8 Å². The maximum Gasteiger partial charge on any atom is 0.303 e. The smallest absolute Gasteiger partial charge is 0.303 e. The van der Waals surface area contributed by atoms with Crippen molar-refractivity contribution in [3.8, 4) is 0 Å². The summed E-state index contributed by atoms with van der Waals surface area (Å²) in [6.07, 6.45) is 1.09. The Bertz CT molecular complexity index is 243. The van der Waals surface area contributed by atoms with E-state index in [0.29, 0.717) is 13.1 Å². The Hall–Kier alpha value is -1.10. The van der Waals surface area contributed by atoms with Gasteiger partial charge in [-0.1, -0.05) is 0 Å². The molecule has 1 unspecified atom stereocenters. The lowest BCUT2D eigenvalue weighted by Gasteiger charge is -2.14. The molecule has 5 nitrogen and oxygen atoms in total. The normalized spacial score (nSPS) is 21.5. The molecule has 0 radical (unpaired) electrons. The first-order chi connectivity index (χ1) is 7.11. The van der Waals surface area contributed by atoms with Crippen LogP contribution in [-0.4, -0.2) is 48.1 Å². The predicted molar refractivity (Wildman–Crippen MR) is 55.5 cm³/mol. The zero-order valence-electron chi connectivity index (χ0n) is 9.03. The summed E-state index contributed by atoms with van der Waals surface area (Å²) in [5.74, 6) is -0.523. The van der Waals surface area contributed by atoms with Crippen LogP contribution in [0, 0.1) is 5.92 Å². The lowest BCUT2D eigenvalue weighted by molar-refractivity contribution is -0.138. The van der Waals surface area contributed by atoms with E-state index in [1.165, 1.54) is 0 Å². The molecule has 1 saturated heterocycles. The van der Waals surface area contributed by atoms with Crippen LogP contribution in [0.5, 0.6) is 0 Å². The molecule has 1 rings (SSSR count). The van der Waals surface area contributed by atoms with Gasteiger partial charge >= 0.3 is 5.97 Å². The quantitative estimate of drug-likeness (QED) is 0.671. The number of rotatable bonds is 5. The molecule has 5 heteroatoms. The average Bonchev–Trinajstić information content (AvgIpc) is 2.51. The zero-order chi connectivity index (χ0) is 11.3. The van der Waals surface area contributed by atoms with Gasteiger partial charge in [0.2, 0.25) is 5.91 Å². The van der Waals surface area contributed by atoms with Crippen LogP contribution < -0.4 is 5.32 Å². The summed E-state index contributed by atoms with van der Waals surface area (Å²) < 4.78 is 0. The third-order valence-electron chi connectivity index (χ3n) is 2.57. The number of carbonyl (C=O) groups is 2. The van der Waals surface area contributed by atoms with Gasteiger partial charge in [0.1, 0.15) is 0 Å². The molecule has 1 aliphatic rings. The van der Waals surface area contributed by atoms with Gasteiger partial charge in [-0.15, -0.1) is 0 Å². The van der Waals surface area contributed by atoms with Gasteiger partial charge in [-0.3, -0.25) is 14.5 Å². The van der Waals surface area contributed by atoms with Crippen molar-refractivity contribution in [1.29, 1.82) is 0 Å². The summed E-state index contributed by atoms with van der Waals surface area (Å²) in [6.45, 7) is 4.48. The molecule has 15 heavy (non-hydrogen) atoms. The molecule has 86 valence electrons. The molecule has 1 fully saturated rings. The molecule has 1 amide bonds. The molecule has 1 aliphatic heterocycles. The molecule has 0 aliphatic carbocycles. The summed E-state index contributed by atoms with van der Waals surface area (Å²) >= 11 is 0. The largest absolute Gasteiger partial charge is 0.481 e. The Labute approximate surface area is 89.4 Å².